The van der Waals surface area contributed by atoms with E-state index in [0.29, 0.717) is 23.9 Å². The maximum atomic E-state index is 13.0. The minimum absolute atomic E-state index is 0.0244. The van der Waals surface area contributed by atoms with Crippen molar-refractivity contribution in [2.45, 2.75) is 59.3 Å². The third-order valence-electron chi connectivity index (χ3n) is 6.33. The fourth-order valence-electron chi connectivity index (χ4n) is 4.56. The molecule has 1 aliphatic carbocycles. The van der Waals surface area contributed by atoms with Crippen molar-refractivity contribution in [3.8, 4) is 0 Å². The van der Waals surface area contributed by atoms with Crippen molar-refractivity contribution in [3.63, 3.8) is 0 Å². The number of anilines is 1. The number of hydrogen-bond acceptors (Lipinski definition) is 3. The Labute approximate surface area is 190 Å². The van der Waals surface area contributed by atoms with Crippen molar-refractivity contribution >= 4 is 35.0 Å². The number of hydrogen-bond donors (Lipinski definition) is 0. The topological polar surface area (TPSA) is 60.9 Å². The van der Waals surface area contributed by atoms with Gasteiger partial charge in [0.1, 0.15) is 13.2 Å². The molecule has 0 aromatic heterocycles. The average Bonchev–Trinajstić information content (AvgIpc) is 3.37. The zero-order valence-corrected chi connectivity index (χ0v) is 19.7. The number of carbonyl (C=O) groups is 3. The maximum absolute atomic E-state index is 13.0. The molecule has 1 aromatic carbocycles. The van der Waals surface area contributed by atoms with Gasteiger partial charge in [-0.05, 0) is 42.9 Å². The minimum atomic E-state index is -0.189. The Morgan fingerprint density at radius 3 is 2.61 bits per heavy atom. The predicted octanol–water partition coefficient (Wildman–Crippen LogP) is 4.24. The number of halogens is 1. The van der Waals surface area contributed by atoms with Crippen molar-refractivity contribution in [1.29, 1.82) is 0 Å². The summed E-state index contributed by atoms with van der Waals surface area (Å²) in [6, 6.07) is 5.42. The quantitative estimate of drug-likeness (QED) is 0.598. The molecular weight excluding hydrogens is 414 g/mol. The molecule has 0 N–H and O–H groups in total. The molecule has 2 aliphatic rings. The van der Waals surface area contributed by atoms with Crippen LogP contribution in [0.15, 0.2) is 18.2 Å². The van der Waals surface area contributed by atoms with E-state index >= 15 is 0 Å². The summed E-state index contributed by atoms with van der Waals surface area (Å²) in [7, 11) is 0. The summed E-state index contributed by atoms with van der Waals surface area (Å²) in [5.74, 6) is 0.634. The Morgan fingerprint density at radius 2 is 1.94 bits per heavy atom. The third kappa shape index (κ3) is 6.00. The van der Waals surface area contributed by atoms with Gasteiger partial charge in [0, 0.05) is 23.7 Å². The number of benzene rings is 1. The molecule has 7 heteroatoms. The molecule has 1 aromatic rings. The average molecular weight is 448 g/mol. The Morgan fingerprint density at radius 1 is 1.23 bits per heavy atom. The molecule has 170 valence electrons. The lowest BCUT2D eigenvalue weighted by Crippen LogP contribution is -2.44. The van der Waals surface area contributed by atoms with Gasteiger partial charge >= 0.3 is 0 Å². The van der Waals surface area contributed by atoms with Crippen molar-refractivity contribution in [2.24, 2.45) is 11.8 Å². The van der Waals surface area contributed by atoms with Crippen LogP contribution >= 0.6 is 11.6 Å². The van der Waals surface area contributed by atoms with Gasteiger partial charge in [-0.1, -0.05) is 57.2 Å². The normalized spacial score (nSPS) is 17.1. The second-order valence-electron chi connectivity index (χ2n) is 9.30. The Hall–Kier alpha value is -2.08. The van der Waals surface area contributed by atoms with Crippen LogP contribution in [0.3, 0.4) is 0 Å². The molecule has 1 saturated heterocycles. The van der Waals surface area contributed by atoms with Gasteiger partial charge in [-0.15, -0.1) is 0 Å². The summed E-state index contributed by atoms with van der Waals surface area (Å²) in [5.41, 5.74) is 1.54. The fourth-order valence-corrected chi connectivity index (χ4v) is 4.73. The second-order valence-corrected chi connectivity index (χ2v) is 9.70. The number of amides is 3. The molecule has 1 saturated carbocycles. The van der Waals surface area contributed by atoms with E-state index in [1.807, 2.05) is 26.8 Å². The molecule has 0 radical (unpaired) electrons. The van der Waals surface area contributed by atoms with Crippen LogP contribution in [-0.2, 0) is 14.4 Å². The highest BCUT2D eigenvalue weighted by molar-refractivity contribution is 6.31. The SMILES string of the molecule is Cc1c(Cl)cccc1N1CN(C(=O)CN(CC(C)C)C(=O)CCC2CCCC2)CC1=O. The standard InChI is InChI=1S/C24H34ClN3O3/c1-17(2)13-26(22(29)12-11-19-7-4-5-8-19)14-23(30)27-15-24(31)28(16-27)21-10-6-9-20(25)18(21)3/h6,9-10,17,19H,4-5,7-8,11-16H2,1-3H3. The molecule has 1 heterocycles. The fraction of sp³-hybridized carbons (Fsp3) is 0.625. The Bertz CT molecular complexity index is 820. The van der Waals surface area contributed by atoms with Crippen molar-refractivity contribution in [1.82, 2.24) is 9.80 Å². The lowest BCUT2D eigenvalue weighted by atomic mass is 10.0. The molecule has 6 nitrogen and oxygen atoms in total. The highest BCUT2D eigenvalue weighted by Gasteiger charge is 2.34. The summed E-state index contributed by atoms with van der Waals surface area (Å²) >= 11 is 6.21. The third-order valence-corrected chi connectivity index (χ3v) is 6.74. The van der Waals surface area contributed by atoms with E-state index in [1.165, 1.54) is 30.6 Å². The summed E-state index contributed by atoms with van der Waals surface area (Å²) < 4.78 is 0. The van der Waals surface area contributed by atoms with E-state index in [9.17, 15) is 14.4 Å². The molecule has 3 rings (SSSR count). The molecule has 3 amide bonds. The largest absolute Gasteiger partial charge is 0.333 e. The van der Waals surface area contributed by atoms with Crippen LogP contribution in [0.4, 0.5) is 5.69 Å². The zero-order chi connectivity index (χ0) is 22.5. The number of carbonyl (C=O) groups excluding carboxylic acids is 3. The van der Waals surface area contributed by atoms with Gasteiger partial charge in [0.25, 0.3) is 0 Å². The first-order valence-electron chi connectivity index (χ1n) is 11.4. The van der Waals surface area contributed by atoms with Crippen molar-refractivity contribution in [2.75, 3.05) is 31.2 Å². The molecule has 1 aliphatic heterocycles. The van der Waals surface area contributed by atoms with Gasteiger partial charge in [0.2, 0.25) is 17.7 Å². The summed E-state index contributed by atoms with van der Waals surface area (Å²) in [6.45, 7) is 6.74. The van der Waals surface area contributed by atoms with Gasteiger partial charge in [0.05, 0.1) is 6.54 Å². The Kier molecular flexibility index (Phi) is 7.98. The van der Waals surface area contributed by atoms with Gasteiger partial charge in [-0.3, -0.25) is 19.3 Å². The van der Waals surface area contributed by atoms with Crippen LogP contribution in [-0.4, -0.2) is 53.8 Å². The zero-order valence-electron chi connectivity index (χ0n) is 18.9. The van der Waals surface area contributed by atoms with Gasteiger partial charge in [-0.2, -0.15) is 0 Å². The Balaban J connectivity index is 1.62. The molecule has 0 spiro atoms. The van der Waals surface area contributed by atoms with Crippen LogP contribution in [0.25, 0.3) is 0 Å². The van der Waals surface area contributed by atoms with E-state index in [2.05, 4.69) is 0 Å². The van der Waals surface area contributed by atoms with Crippen LogP contribution in [0, 0.1) is 18.8 Å². The van der Waals surface area contributed by atoms with Crippen LogP contribution in [0.1, 0.15) is 57.9 Å². The lowest BCUT2D eigenvalue weighted by Gasteiger charge is -2.27. The van der Waals surface area contributed by atoms with E-state index in [4.69, 9.17) is 11.6 Å². The van der Waals surface area contributed by atoms with Crippen LogP contribution < -0.4 is 4.90 Å². The van der Waals surface area contributed by atoms with Gasteiger partial charge < -0.3 is 9.80 Å². The van der Waals surface area contributed by atoms with Crippen LogP contribution in [0.5, 0.6) is 0 Å². The highest BCUT2D eigenvalue weighted by Crippen LogP contribution is 2.30. The molecule has 31 heavy (non-hydrogen) atoms. The summed E-state index contributed by atoms with van der Waals surface area (Å²) in [6.07, 6.45) is 6.36. The van der Waals surface area contributed by atoms with E-state index in [0.717, 1.165) is 17.7 Å². The summed E-state index contributed by atoms with van der Waals surface area (Å²) in [5, 5.41) is 0.589. The van der Waals surface area contributed by atoms with E-state index < -0.39 is 0 Å². The predicted molar refractivity (Wildman–Crippen MR) is 123 cm³/mol. The minimum Gasteiger partial charge on any atom is -0.333 e. The smallest absolute Gasteiger partial charge is 0.248 e. The van der Waals surface area contributed by atoms with Crippen molar-refractivity contribution in [3.05, 3.63) is 28.8 Å². The molecule has 0 atom stereocenters. The first kappa shape index (κ1) is 23.6. The molecule has 0 unspecified atom stereocenters. The first-order chi connectivity index (χ1) is 14.8. The van der Waals surface area contributed by atoms with E-state index in [1.54, 1.807) is 21.9 Å². The molecule has 2 fully saturated rings. The molecule has 0 bridgehead atoms. The number of nitrogens with zero attached hydrogens (tertiary/aromatic N) is 3. The van der Waals surface area contributed by atoms with Crippen molar-refractivity contribution < 1.29 is 14.4 Å². The van der Waals surface area contributed by atoms with Gasteiger partial charge in [0.15, 0.2) is 0 Å². The highest BCUT2D eigenvalue weighted by atomic mass is 35.5. The summed E-state index contributed by atoms with van der Waals surface area (Å²) in [4.78, 5) is 43.3. The van der Waals surface area contributed by atoms with Crippen LogP contribution in [0.2, 0.25) is 5.02 Å². The molecular formula is C24H34ClN3O3. The first-order valence-corrected chi connectivity index (χ1v) is 11.7. The number of rotatable bonds is 8. The monoisotopic (exact) mass is 447 g/mol. The van der Waals surface area contributed by atoms with Gasteiger partial charge in [-0.25, -0.2) is 0 Å². The maximum Gasteiger partial charge on any atom is 0.248 e. The van der Waals surface area contributed by atoms with E-state index in [-0.39, 0.29) is 43.4 Å². The lowest BCUT2D eigenvalue weighted by molar-refractivity contribution is -0.140. The second kappa shape index (κ2) is 10.5.